The van der Waals surface area contributed by atoms with E-state index in [1.54, 1.807) is 0 Å². The van der Waals surface area contributed by atoms with Crippen LogP contribution in [0.15, 0.2) is 24.3 Å². The lowest BCUT2D eigenvalue weighted by molar-refractivity contribution is -0.156. The number of carbonyl (C=O) groups is 1. The summed E-state index contributed by atoms with van der Waals surface area (Å²) < 4.78 is 5.38. The van der Waals surface area contributed by atoms with E-state index in [-0.39, 0.29) is 11.9 Å². The average molecular weight is 249 g/mol. The second-order valence-corrected chi connectivity index (χ2v) is 5.74. The number of esters is 1. The molecule has 0 fully saturated rings. The van der Waals surface area contributed by atoms with Gasteiger partial charge in [-0.2, -0.15) is 0 Å². The van der Waals surface area contributed by atoms with Crippen LogP contribution in [0.25, 0.3) is 0 Å². The van der Waals surface area contributed by atoms with E-state index in [1.807, 2.05) is 71.0 Å². The van der Waals surface area contributed by atoms with Gasteiger partial charge in [0.1, 0.15) is 5.60 Å². The van der Waals surface area contributed by atoms with Gasteiger partial charge in [-0.3, -0.25) is 4.79 Å². The number of rotatable bonds is 3. The van der Waals surface area contributed by atoms with Crippen molar-refractivity contribution in [3.63, 3.8) is 0 Å². The molecule has 0 aromatic heterocycles. The molecule has 0 amide bonds. The van der Waals surface area contributed by atoms with Crippen LogP contribution in [0.4, 0.5) is 5.69 Å². The summed E-state index contributed by atoms with van der Waals surface area (Å²) in [6, 6.07) is 7.97. The molecule has 0 radical (unpaired) electrons. The fourth-order valence-electron chi connectivity index (χ4n) is 1.59. The third-order valence-electron chi connectivity index (χ3n) is 2.67. The zero-order valence-electron chi connectivity index (χ0n) is 12.2. The topological polar surface area (TPSA) is 29.5 Å². The third-order valence-corrected chi connectivity index (χ3v) is 2.67. The number of hydrogen-bond donors (Lipinski definition) is 0. The quantitative estimate of drug-likeness (QED) is 0.770. The Hall–Kier alpha value is -1.51. The number of hydrogen-bond acceptors (Lipinski definition) is 3. The zero-order chi connectivity index (χ0) is 13.9. The van der Waals surface area contributed by atoms with Crippen molar-refractivity contribution in [2.24, 2.45) is 0 Å². The summed E-state index contributed by atoms with van der Waals surface area (Å²) >= 11 is 0. The summed E-state index contributed by atoms with van der Waals surface area (Å²) in [4.78, 5) is 14.0. The molecule has 0 heterocycles. The summed E-state index contributed by atoms with van der Waals surface area (Å²) in [5.74, 6) is -0.416. The van der Waals surface area contributed by atoms with Crippen molar-refractivity contribution >= 4 is 11.7 Å². The molecule has 18 heavy (non-hydrogen) atoms. The molecule has 0 aliphatic heterocycles. The Bertz CT molecular complexity index is 401. The molecule has 0 saturated heterocycles. The van der Waals surface area contributed by atoms with Crippen LogP contribution in [0.2, 0.25) is 0 Å². The normalized spacial score (nSPS) is 13.0. The van der Waals surface area contributed by atoms with Crippen LogP contribution < -0.4 is 4.90 Å². The maximum atomic E-state index is 11.9. The van der Waals surface area contributed by atoms with Crippen LogP contribution >= 0.6 is 0 Å². The minimum absolute atomic E-state index is 0.180. The lowest BCUT2D eigenvalue weighted by Gasteiger charge is -2.22. The highest BCUT2D eigenvalue weighted by molar-refractivity contribution is 5.78. The van der Waals surface area contributed by atoms with Crippen molar-refractivity contribution in [1.29, 1.82) is 0 Å². The molecule has 0 unspecified atom stereocenters. The maximum Gasteiger partial charge on any atom is 0.313 e. The lowest BCUT2D eigenvalue weighted by atomic mass is 10.0. The van der Waals surface area contributed by atoms with Gasteiger partial charge in [-0.05, 0) is 45.4 Å². The van der Waals surface area contributed by atoms with Gasteiger partial charge < -0.3 is 9.64 Å². The first-order valence-electron chi connectivity index (χ1n) is 6.21. The van der Waals surface area contributed by atoms with E-state index in [2.05, 4.69) is 0 Å². The van der Waals surface area contributed by atoms with Crippen LogP contribution in [0.5, 0.6) is 0 Å². The molecule has 0 aliphatic carbocycles. The Labute approximate surface area is 110 Å². The standard InChI is InChI=1S/C15H23NO2/c1-11(14(17)18-15(2,3)4)12-7-9-13(10-8-12)16(5)6/h7-11H,1-6H3/t11-/m0/s1. The molecular weight excluding hydrogens is 226 g/mol. The maximum absolute atomic E-state index is 11.9. The number of carbonyl (C=O) groups excluding carboxylic acids is 1. The lowest BCUT2D eigenvalue weighted by Crippen LogP contribution is -2.26. The second-order valence-electron chi connectivity index (χ2n) is 5.74. The SMILES string of the molecule is C[C@H](C(=O)OC(C)(C)C)c1ccc(N(C)C)cc1. The van der Waals surface area contributed by atoms with Crippen LogP contribution in [-0.4, -0.2) is 25.7 Å². The Balaban J connectivity index is 2.78. The van der Waals surface area contributed by atoms with E-state index in [0.29, 0.717) is 0 Å². The van der Waals surface area contributed by atoms with Crippen LogP contribution in [0.1, 0.15) is 39.2 Å². The van der Waals surface area contributed by atoms with Crippen molar-refractivity contribution in [3.05, 3.63) is 29.8 Å². The molecule has 100 valence electrons. The van der Waals surface area contributed by atoms with Crippen molar-refractivity contribution in [3.8, 4) is 0 Å². The van der Waals surface area contributed by atoms with Crippen LogP contribution in [0, 0.1) is 0 Å². The van der Waals surface area contributed by atoms with Crippen molar-refractivity contribution < 1.29 is 9.53 Å². The van der Waals surface area contributed by atoms with Crippen molar-refractivity contribution in [2.45, 2.75) is 39.2 Å². The van der Waals surface area contributed by atoms with E-state index in [1.165, 1.54) is 0 Å². The van der Waals surface area contributed by atoms with Gasteiger partial charge in [-0.25, -0.2) is 0 Å². The Morgan fingerprint density at radius 3 is 2.06 bits per heavy atom. The molecule has 0 N–H and O–H groups in total. The molecule has 0 aliphatic rings. The largest absolute Gasteiger partial charge is 0.460 e. The summed E-state index contributed by atoms with van der Waals surface area (Å²) in [7, 11) is 3.98. The van der Waals surface area contributed by atoms with E-state index in [9.17, 15) is 4.79 Å². The molecule has 0 spiro atoms. The van der Waals surface area contributed by atoms with E-state index >= 15 is 0 Å². The fraction of sp³-hybridized carbons (Fsp3) is 0.533. The fourth-order valence-corrected chi connectivity index (χ4v) is 1.59. The van der Waals surface area contributed by atoms with Gasteiger partial charge in [0.2, 0.25) is 0 Å². The first-order valence-corrected chi connectivity index (χ1v) is 6.21. The summed E-state index contributed by atoms with van der Waals surface area (Å²) in [5.41, 5.74) is 1.67. The first-order chi connectivity index (χ1) is 8.20. The van der Waals surface area contributed by atoms with E-state index in [4.69, 9.17) is 4.74 Å². The average Bonchev–Trinajstić information content (AvgIpc) is 2.26. The summed E-state index contributed by atoms with van der Waals surface area (Å²) in [6.07, 6.45) is 0. The Kier molecular flexibility index (Phi) is 4.38. The molecule has 1 rings (SSSR count). The van der Waals surface area contributed by atoms with Gasteiger partial charge >= 0.3 is 5.97 Å². The van der Waals surface area contributed by atoms with Crippen molar-refractivity contribution in [1.82, 2.24) is 0 Å². The Morgan fingerprint density at radius 1 is 1.17 bits per heavy atom. The highest BCUT2D eigenvalue weighted by Gasteiger charge is 2.22. The van der Waals surface area contributed by atoms with E-state index in [0.717, 1.165) is 11.3 Å². The predicted molar refractivity (Wildman–Crippen MR) is 75.0 cm³/mol. The van der Waals surface area contributed by atoms with Gasteiger partial charge in [0.25, 0.3) is 0 Å². The molecule has 1 aromatic carbocycles. The van der Waals surface area contributed by atoms with Gasteiger partial charge in [-0.1, -0.05) is 12.1 Å². The summed E-state index contributed by atoms with van der Waals surface area (Å²) in [5, 5.41) is 0. The monoisotopic (exact) mass is 249 g/mol. The van der Waals surface area contributed by atoms with E-state index < -0.39 is 5.60 Å². The molecule has 1 atom stereocenters. The second kappa shape index (κ2) is 5.42. The minimum Gasteiger partial charge on any atom is -0.460 e. The zero-order valence-corrected chi connectivity index (χ0v) is 12.2. The molecule has 1 aromatic rings. The molecule has 3 heteroatoms. The number of nitrogens with zero attached hydrogens (tertiary/aromatic N) is 1. The molecule has 3 nitrogen and oxygen atoms in total. The highest BCUT2D eigenvalue weighted by atomic mass is 16.6. The molecular formula is C15H23NO2. The predicted octanol–water partition coefficient (Wildman–Crippen LogP) is 3.20. The van der Waals surface area contributed by atoms with Crippen LogP contribution in [-0.2, 0) is 9.53 Å². The van der Waals surface area contributed by atoms with Crippen molar-refractivity contribution in [2.75, 3.05) is 19.0 Å². The number of benzene rings is 1. The molecule has 0 bridgehead atoms. The Morgan fingerprint density at radius 2 is 1.67 bits per heavy atom. The van der Waals surface area contributed by atoms with Crippen LogP contribution in [0.3, 0.4) is 0 Å². The number of anilines is 1. The first kappa shape index (κ1) is 14.6. The van der Waals surface area contributed by atoms with Gasteiger partial charge in [0.15, 0.2) is 0 Å². The third kappa shape index (κ3) is 4.06. The van der Waals surface area contributed by atoms with Gasteiger partial charge in [0, 0.05) is 19.8 Å². The van der Waals surface area contributed by atoms with Gasteiger partial charge in [-0.15, -0.1) is 0 Å². The summed E-state index contributed by atoms with van der Waals surface area (Å²) in [6.45, 7) is 7.52. The van der Waals surface area contributed by atoms with Gasteiger partial charge in [0.05, 0.1) is 5.92 Å². The number of ether oxygens (including phenoxy) is 1. The smallest absolute Gasteiger partial charge is 0.313 e. The molecule has 0 saturated carbocycles. The minimum atomic E-state index is -0.436. The highest BCUT2D eigenvalue weighted by Crippen LogP contribution is 2.22.